The molecular weight excluding hydrogens is 336 g/mol. The number of nitrogens with one attached hydrogen (secondary N) is 1. The van der Waals surface area contributed by atoms with Gasteiger partial charge in [-0.2, -0.15) is 0 Å². The zero-order valence-electron chi connectivity index (χ0n) is 12.2. The van der Waals surface area contributed by atoms with E-state index in [1.807, 2.05) is 24.3 Å². The van der Waals surface area contributed by atoms with E-state index in [4.69, 9.17) is 11.6 Å². The molecule has 0 spiro atoms. The van der Waals surface area contributed by atoms with E-state index >= 15 is 0 Å². The van der Waals surface area contributed by atoms with Crippen LogP contribution in [0.4, 0.5) is 0 Å². The van der Waals surface area contributed by atoms with Gasteiger partial charge in [0, 0.05) is 11.6 Å². The molecule has 5 nitrogen and oxygen atoms in total. The van der Waals surface area contributed by atoms with Crippen LogP contribution < -0.4 is 5.69 Å². The van der Waals surface area contributed by atoms with Crippen LogP contribution in [0.15, 0.2) is 58.2 Å². The van der Waals surface area contributed by atoms with E-state index in [0.717, 1.165) is 11.0 Å². The first-order valence-electron chi connectivity index (χ1n) is 7.13. The summed E-state index contributed by atoms with van der Waals surface area (Å²) in [5.41, 5.74) is 1.30. The largest absolute Gasteiger partial charge is 0.326 e. The molecule has 3 rings (SSSR count). The molecule has 0 aliphatic carbocycles. The van der Waals surface area contributed by atoms with Gasteiger partial charge in [-0.1, -0.05) is 23.7 Å². The Kier molecular flexibility index (Phi) is 4.28. The van der Waals surface area contributed by atoms with Gasteiger partial charge in [-0.3, -0.25) is 4.57 Å². The molecule has 0 amide bonds. The third kappa shape index (κ3) is 3.33. The summed E-state index contributed by atoms with van der Waals surface area (Å²) in [6, 6.07) is 13.4. The van der Waals surface area contributed by atoms with Crippen LogP contribution in [0, 0.1) is 0 Å². The fraction of sp³-hybridized carbons (Fsp3) is 0.188. The Bertz CT molecular complexity index is 988. The van der Waals surface area contributed by atoms with E-state index in [1.54, 1.807) is 16.7 Å². The van der Waals surface area contributed by atoms with Crippen molar-refractivity contribution in [1.29, 1.82) is 0 Å². The number of halogens is 1. The molecule has 0 aliphatic rings. The van der Waals surface area contributed by atoms with E-state index in [0.29, 0.717) is 18.0 Å². The van der Waals surface area contributed by atoms with Crippen LogP contribution in [0.2, 0.25) is 5.02 Å². The Balaban J connectivity index is 1.75. The van der Waals surface area contributed by atoms with Crippen LogP contribution >= 0.6 is 11.6 Å². The standard InChI is InChI=1S/C16H15ClN2O3S/c17-12-6-8-13(9-7-12)23(21,22)11-3-10-19-15-5-2-1-4-14(15)18-16(19)20/h1-2,4-9H,3,10-11H2,(H,18,20). The maximum atomic E-state index is 12.3. The second kappa shape index (κ2) is 6.22. The number of hydrogen-bond acceptors (Lipinski definition) is 3. The highest BCUT2D eigenvalue weighted by molar-refractivity contribution is 7.91. The van der Waals surface area contributed by atoms with Crippen molar-refractivity contribution >= 4 is 32.5 Å². The normalized spacial score (nSPS) is 11.9. The van der Waals surface area contributed by atoms with E-state index in [1.165, 1.54) is 12.1 Å². The summed E-state index contributed by atoms with van der Waals surface area (Å²) < 4.78 is 26.1. The molecule has 0 radical (unpaired) electrons. The molecule has 2 aromatic carbocycles. The Hall–Kier alpha value is -2.05. The second-order valence-corrected chi connectivity index (χ2v) is 7.77. The second-order valence-electron chi connectivity index (χ2n) is 5.23. The highest BCUT2D eigenvalue weighted by atomic mass is 35.5. The third-order valence-corrected chi connectivity index (χ3v) is 5.72. The number of hydrogen-bond donors (Lipinski definition) is 1. The summed E-state index contributed by atoms with van der Waals surface area (Å²) >= 11 is 5.77. The smallest absolute Gasteiger partial charge is 0.306 e. The summed E-state index contributed by atoms with van der Waals surface area (Å²) in [4.78, 5) is 14.9. The molecule has 0 unspecified atom stereocenters. The molecule has 1 heterocycles. The van der Waals surface area contributed by atoms with E-state index < -0.39 is 9.84 Å². The molecule has 1 aromatic heterocycles. The van der Waals surface area contributed by atoms with Gasteiger partial charge in [0.2, 0.25) is 0 Å². The molecule has 0 saturated heterocycles. The first kappa shape index (κ1) is 15.8. The van der Waals surface area contributed by atoms with Gasteiger partial charge in [0.05, 0.1) is 21.7 Å². The maximum absolute atomic E-state index is 12.3. The van der Waals surface area contributed by atoms with Gasteiger partial charge >= 0.3 is 5.69 Å². The number of nitrogens with zero attached hydrogens (tertiary/aromatic N) is 1. The van der Waals surface area contributed by atoms with Gasteiger partial charge in [-0.05, 0) is 42.8 Å². The quantitative estimate of drug-likeness (QED) is 0.769. The summed E-state index contributed by atoms with van der Waals surface area (Å²) in [7, 11) is -3.38. The molecule has 1 N–H and O–H groups in total. The number of aromatic amines is 1. The third-order valence-electron chi connectivity index (χ3n) is 3.65. The van der Waals surface area contributed by atoms with Gasteiger partial charge in [0.15, 0.2) is 9.84 Å². The van der Waals surface area contributed by atoms with Crippen LogP contribution in [0.1, 0.15) is 6.42 Å². The lowest BCUT2D eigenvalue weighted by atomic mass is 10.3. The van der Waals surface area contributed by atoms with Gasteiger partial charge in [-0.25, -0.2) is 13.2 Å². The van der Waals surface area contributed by atoms with Crippen molar-refractivity contribution in [2.45, 2.75) is 17.9 Å². The molecule has 0 saturated carbocycles. The number of fused-ring (bicyclic) bond motifs is 1. The van der Waals surface area contributed by atoms with Crippen LogP contribution in [-0.4, -0.2) is 23.7 Å². The van der Waals surface area contributed by atoms with E-state index in [9.17, 15) is 13.2 Å². The highest BCUT2D eigenvalue weighted by Gasteiger charge is 2.14. The van der Waals surface area contributed by atoms with Crippen molar-refractivity contribution in [2.75, 3.05) is 5.75 Å². The lowest BCUT2D eigenvalue weighted by Crippen LogP contribution is -2.18. The number of para-hydroxylation sites is 2. The Morgan fingerprint density at radius 2 is 1.74 bits per heavy atom. The molecule has 0 bridgehead atoms. The number of rotatable bonds is 5. The van der Waals surface area contributed by atoms with Gasteiger partial charge < -0.3 is 4.98 Å². The molecule has 3 aromatic rings. The van der Waals surface area contributed by atoms with Gasteiger partial charge in [0.1, 0.15) is 0 Å². The van der Waals surface area contributed by atoms with Crippen LogP contribution in [0.5, 0.6) is 0 Å². The highest BCUT2D eigenvalue weighted by Crippen LogP contribution is 2.16. The van der Waals surface area contributed by atoms with Crippen molar-refractivity contribution < 1.29 is 8.42 Å². The Labute approximate surface area is 138 Å². The number of aromatic nitrogens is 2. The Morgan fingerprint density at radius 1 is 1.04 bits per heavy atom. The van der Waals surface area contributed by atoms with E-state index in [-0.39, 0.29) is 16.3 Å². The Morgan fingerprint density at radius 3 is 2.48 bits per heavy atom. The molecular formula is C16H15ClN2O3S. The minimum Gasteiger partial charge on any atom is -0.306 e. The minimum atomic E-state index is -3.38. The fourth-order valence-corrected chi connectivity index (χ4v) is 3.92. The predicted octanol–water partition coefficient (Wildman–Crippen LogP) is 2.85. The average Bonchev–Trinajstić information content (AvgIpc) is 2.84. The van der Waals surface area contributed by atoms with Gasteiger partial charge in [-0.15, -0.1) is 0 Å². The molecule has 120 valence electrons. The first-order valence-corrected chi connectivity index (χ1v) is 9.16. The molecule has 23 heavy (non-hydrogen) atoms. The van der Waals surface area contributed by atoms with Crippen LogP contribution in [-0.2, 0) is 16.4 Å². The van der Waals surface area contributed by atoms with Crippen LogP contribution in [0.25, 0.3) is 11.0 Å². The van der Waals surface area contributed by atoms with Crippen molar-refractivity contribution in [2.24, 2.45) is 0 Å². The van der Waals surface area contributed by atoms with Crippen molar-refractivity contribution in [3.63, 3.8) is 0 Å². The summed E-state index contributed by atoms with van der Waals surface area (Å²) in [6.07, 6.45) is 0.354. The zero-order chi connectivity index (χ0) is 16.4. The predicted molar refractivity (Wildman–Crippen MR) is 90.7 cm³/mol. The molecule has 0 fully saturated rings. The summed E-state index contributed by atoms with van der Waals surface area (Å²) in [5.74, 6) is -0.0272. The molecule has 0 atom stereocenters. The molecule has 0 aliphatic heterocycles. The zero-order valence-corrected chi connectivity index (χ0v) is 13.8. The maximum Gasteiger partial charge on any atom is 0.326 e. The van der Waals surface area contributed by atoms with E-state index in [2.05, 4.69) is 4.98 Å². The first-order chi connectivity index (χ1) is 11.0. The number of H-pyrrole nitrogens is 1. The number of aryl methyl sites for hydroxylation is 1. The average molecular weight is 351 g/mol. The van der Waals surface area contributed by atoms with Crippen LogP contribution in [0.3, 0.4) is 0 Å². The van der Waals surface area contributed by atoms with Crippen molar-refractivity contribution in [3.8, 4) is 0 Å². The lowest BCUT2D eigenvalue weighted by Gasteiger charge is -2.06. The number of imidazole rings is 1. The topological polar surface area (TPSA) is 71.9 Å². The summed E-state index contributed by atoms with van der Waals surface area (Å²) in [5, 5.41) is 0.495. The van der Waals surface area contributed by atoms with Crippen molar-refractivity contribution in [1.82, 2.24) is 9.55 Å². The number of sulfone groups is 1. The summed E-state index contributed by atoms with van der Waals surface area (Å²) in [6.45, 7) is 0.343. The fourth-order valence-electron chi connectivity index (χ4n) is 2.50. The lowest BCUT2D eigenvalue weighted by molar-refractivity contribution is 0.586. The van der Waals surface area contributed by atoms with Gasteiger partial charge in [0.25, 0.3) is 0 Å². The SMILES string of the molecule is O=c1[nH]c2ccccc2n1CCCS(=O)(=O)c1ccc(Cl)cc1. The molecule has 7 heteroatoms. The van der Waals surface area contributed by atoms with Crippen molar-refractivity contribution in [3.05, 3.63) is 64.0 Å². The number of benzene rings is 2. The minimum absolute atomic E-state index is 0.0272. The monoisotopic (exact) mass is 350 g/mol.